The van der Waals surface area contributed by atoms with Gasteiger partial charge in [-0.05, 0) is 55.4 Å². The Kier molecular flexibility index (Phi) is 44.3. The molecule has 0 aromatic heterocycles. The van der Waals surface area contributed by atoms with E-state index in [4.69, 9.17) is 0 Å². The first-order valence-corrected chi connectivity index (χ1v) is 5.69. The third kappa shape index (κ3) is 483. The summed E-state index contributed by atoms with van der Waals surface area (Å²) in [6, 6.07) is 0. The Morgan fingerprint density at radius 1 is 0.812 bits per heavy atom. The molecule has 0 N–H and O–H groups in total. The molecule has 96 valence electrons. The van der Waals surface area contributed by atoms with Crippen molar-refractivity contribution in [3.63, 3.8) is 0 Å². The molecule has 0 atom stereocenters. The van der Waals surface area contributed by atoms with Crippen molar-refractivity contribution < 1.29 is 0 Å². The topological polar surface area (TPSA) is 0 Å². The molecule has 0 amide bonds. The van der Waals surface area contributed by atoms with Gasteiger partial charge in [-0.3, -0.25) is 0 Å². The lowest BCUT2D eigenvalue weighted by atomic mass is 10.3. The molecule has 0 saturated heterocycles. The SMILES string of the molecule is C/C=C/C.C=C(C)C.C=CC.CC=C(C)C. The summed E-state index contributed by atoms with van der Waals surface area (Å²) in [7, 11) is 0. The normalized spacial score (nSPS) is 7.00. The molecule has 0 heteroatoms. The second-order valence-corrected chi connectivity index (χ2v) is 3.65. The minimum Gasteiger partial charge on any atom is -0.103 e. The van der Waals surface area contributed by atoms with E-state index in [0.29, 0.717) is 0 Å². The van der Waals surface area contributed by atoms with Gasteiger partial charge in [0.15, 0.2) is 0 Å². The third-order valence-electron chi connectivity index (χ3n) is 0.911. The van der Waals surface area contributed by atoms with Crippen LogP contribution < -0.4 is 0 Å². The van der Waals surface area contributed by atoms with Crippen molar-refractivity contribution in [2.75, 3.05) is 0 Å². The third-order valence-corrected chi connectivity index (χ3v) is 0.911. The van der Waals surface area contributed by atoms with Gasteiger partial charge in [0, 0.05) is 0 Å². The van der Waals surface area contributed by atoms with Crippen LogP contribution in [0.1, 0.15) is 55.4 Å². The van der Waals surface area contributed by atoms with Gasteiger partial charge in [-0.1, -0.05) is 35.5 Å². The zero-order chi connectivity index (χ0) is 14.0. The zero-order valence-corrected chi connectivity index (χ0v) is 12.7. The molecule has 0 fully saturated rings. The molecule has 0 nitrogen and oxygen atoms in total. The first-order valence-electron chi connectivity index (χ1n) is 5.69. The van der Waals surface area contributed by atoms with Crippen molar-refractivity contribution in [1.29, 1.82) is 0 Å². The van der Waals surface area contributed by atoms with Crippen LogP contribution in [0.25, 0.3) is 0 Å². The minimum atomic E-state index is 1.17. The standard InChI is InChI=1S/C5H10.2C4H8.C3H6/c1-4-5(2)3;1-4(2)3;1-3-4-2;1-3-2/h4H,1-3H3;1H2,2-3H3;3-4H,1-2H3;3H,1H2,2H3/b;;4-3+;. The van der Waals surface area contributed by atoms with Crippen molar-refractivity contribution >= 4 is 0 Å². The predicted molar refractivity (Wildman–Crippen MR) is 82.0 cm³/mol. The molecule has 0 rings (SSSR count). The van der Waals surface area contributed by atoms with Gasteiger partial charge in [0.2, 0.25) is 0 Å². The molecule has 16 heavy (non-hydrogen) atoms. The molecule has 0 aromatic carbocycles. The van der Waals surface area contributed by atoms with Crippen LogP contribution in [0.3, 0.4) is 0 Å². The molecule has 0 aliphatic heterocycles. The second-order valence-electron chi connectivity index (χ2n) is 3.65. The highest BCUT2D eigenvalue weighted by molar-refractivity contribution is 4.88. The van der Waals surface area contributed by atoms with Crippen molar-refractivity contribution in [1.82, 2.24) is 0 Å². The Bertz CT molecular complexity index is 168. The van der Waals surface area contributed by atoms with Crippen LogP contribution in [0, 0.1) is 0 Å². The monoisotopic (exact) mass is 224 g/mol. The molecular weight excluding hydrogens is 192 g/mol. The highest BCUT2D eigenvalue weighted by atomic mass is 13.7. The smallest absolute Gasteiger partial charge is 0.0442 e. The van der Waals surface area contributed by atoms with Crippen LogP contribution in [-0.2, 0) is 0 Å². The fraction of sp³-hybridized carbons (Fsp3) is 0.500. The van der Waals surface area contributed by atoms with E-state index in [9.17, 15) is 0 Å². The van der Waals surface area contributed by atoms with Crippen LogP contribution in [-0.4, -0.2) is 0 Å². The highest BCUT2D eigenvalue weighted by Gasteiger charge is 1.60. The fourth-order valence-corrected chi connectivity index (χ4v) is 0. The summed E-state index contributed by atoms with van der Waals surface area (Å²) in [5.74, 6) is 0. The first kappa shape index (κ1) is 24.3. The van der Waals surface area contributed by atoms with E-state index in [-0.39, 0.29) is 0 Å². The summed E-state index contributed by atoms with van der Waals surface area (Å²) in [4.78, 5) is 0. The average molecular weight is 224 g/mol. The number of hydrogen-bond donors (Lipinski definition) is 0. The van der Waals surface area contributed by atoms with Crippen LogP contribution in [0.2, 0.25) is 0 Å². The number of hydrogen-bond acceptors (Lipinski definition) is 0. The Hall–Kier alpha value is -1.04. The Labute approximate surface area is 104 Å². The molecule has 0 heterocycles. The van der Waals surface area contributed by atoms with E-state index < -0.39 is 0 Å². The zero-order valence-electron chi connectivity index (χ0n) is 12.7. The molecule has 0 saturated carbocycles. The molecule has 0 aromatic rings. The van der Waals surface area contributed by atoms with Gasteiger partial charge in [0.25, 0.3) is 0 Å². The number of allylic oxidation sites excluding steroid dienone is 6. The summed E-state index contributed by atoms with van der Waals surface area (Å²) < 4.78 is 0. The van der Waals surface area contributed by atoms with Crippen molar-refractivity contribution in [2.24, 2.45) is 0 Å². The van der Waals surface area contributed by atoms with E-state index in [1.54, 1.807) is 6.08 Å². The van der Waals surface area contributed by atoms with E-state index >= 15 is 0 Å². The van der Waals surface area contributed by atoms with Gasteiger partial charge < -0.3 is 0 Å². The number of rotatable bonds is 0. The highest BCUT2D eigenvalue weighted by Crippen LogP contribution is 1.82. The molecule has 0 aliphatic rings. The molecular formula is C16H32. The lowest BCUT2D eigenvalue weighted by Gasteiger charge is -1.74. The van der Waals surface area contributed by atoms with Gasteiger partial charge >= 0.3 is 0 Å². The lowest BCUT2D eigenvalue weighted by molar-refractivity contribution is 1.36. The van der Waals surface area contributed by atoms with E-state index in [0.717, 1.165) is 0 Å². The van der Waals surface area contributed by atoms with Crippen molar-refractivity contribution in [3.8, 4) is 0 Å². The van der Waals surface area contributed by atoms with E-state index in [1.165, 1.54) is 11.1 Å². The summed E-state index contributed by atoms with van der Waals surface area (Å²) in [6.07, 6.45) is 7.83. The molecule has 0 bridgehead atoms. The Balaban J connectivity index is -0.0000000610. The van der Waals surface area contributed by atoms with Crippen molar-refractivity contribution in [3.05, 3.63) is 48.6 Å². The average Bonchev–Trinajstić information content (AvgIpc) is 2.18. The van der Waals surface area contributed by atoms with Gasteiger partial charge in [-0.25, -0.2) is 0 Å². The van der Waals surface area contributed by atoms with Crippen LogP contribution in [0.15, 0.2) is 48.6 Å². The van der Waals surface area contributed by atoms with Crippen LogP contribution in [0.4, 0.5) is 0 Å². The predicted octanol–water partition coefficient (Wildman–Crippen LogP) is 6.33. The van der Waals surface area contributed by atoms with Gasteiger partial charge in [0.1, 0.15) is 0 Å². The van der Waals surface area contributed by atoms with E-state index in [2.05, 4.69) is 33.1 Å². The summed E-state index contributed by atoms with van der Waals surface area (Å²) in [5.41, 5.74) is 2.55. The molecule has 0 aliphatic carbocycles. The maximum absolute atomic E-state index is 3.56. The minimum absolute atomic E-state index is 1.17. The van der Waals surface area contributed by atoms with E-state index in [1.807, 2.05) is 53.7 Å². The van der Waals surface area contributed by atoms with Crippen LogP contribution >= 0.6 is 0 Å². The Morgan fingerprint density at radius 3 is 0.938 bits per heavy atom. The molecule has 0 radical (unpaired) electrons. The molecule has 0 spiro atoms. The summed E-state index contributed by atoms with van der Waals surface area (Å²) in [5, 5.41) is 0. The van der Waals surface area contributed by atoms with Crippen LogP contribution in [0.5, 0.6) is 0 Å². The van der Waals surface area contributed by atoms with Gasteiger partial charge in [-0.15, -0.1) is 13.2 Å². The van der Waals surface area contributed by atoms with Gasteiger partial charge in [0.05, 0.1) is 0 Å². The second kappa shape index (κ2) is 29.2. The maximum atomic E-state index is 3.56. The summed E-state index contributed by atoms with van der Waals surface area (Å²) >= 11 is 0. The lowest BCUT2D eigenvalue weighted by Crippen LogP contribution is -1.52. The largest absolute Gasteiger partial charge is 0.103 e. The van der Waals surface area contributed by atoms with Crippen molar-refractivity contribution in [2.45, 2.75) is 55.4 Å². The maximum Gasteiger partial charge on any atom is -0.0442 e. The quantitative estimate of drug-likeness (QED) is 0.422. The molecule has 0 unspecified atom stereocenters. The van der Waals surface area contributed by atoms with Gasteiger partial charge in [-0.2, -0.15) is 0 Å². The Morgan fingerprint density at radius 2 is 0.938 bits per heavy atom. The first-order chi connectivity index (χ1) is 7.33. The fourth-order valence-electron chi connectivity index (χ4n) is 0. The summed E-state index contributed by atoms with van der Waals surface area (Å²) in [6.45, 7) is 23.0.